The third-order valence-corrected chi connectivity index (χ3v) is 3.29. The van der Waals surface area contributed by atoms with E-state index in [1.54, 1.807) is 17.1 Å². The summed E-state index contributed by atoms with van der Waals surface area (Å²) in [7, 11) is 0. The van der Waals surface area contributed by atoms with E-state index in [-0.39, 0.29) is 0 Å². The molecule has 108 valence electrons. The minimum atomic E-state index is 0.572. The quantitative estimate of drug-likeness (QED) is 0.626. The minimum Gasteiger partial charge on any atom is -0.463 e. The summed E-state index contributed by atoms with van der Waals surface area (Å²) >= 11 is 0. The fourth-order valence-electron chi connectivity index (χ4n) is 2.21. The van der Waals surface area contributed by atoms with Crippen LogP contribution in [0.25, 0.3) is 17.1 Å². The van der Waals surface area contributed by atoms with Crippen LogP contribution in [0.3, 0.4) is 0 Å². The van der Waals surface area contributed by atoms with Gasteiger partial charge in [0.15, 0.2) is 11.4 Å². The maximum absolute atomic E-state index is 5.35. The number of nitrogens with one attached hydrogen (secondary N) is 1. The summed E-state index contributed by atoms with van der Waals surface area (Å²) < 4.78 is 6.98. The second-order valence-corrected chi connectivity index (χ2v) is 4.83. The minimum absolute atomic E-state index is 0.572. The van der Waals surface area contributed by atoms with Gasteiger partial charge in [-0.15, -0.1) is 0 Å². The summed E-state index contributed by atoms with van der Waals surface area (Å²) in [5, 5.41) is 7.60. The number of aromatic nitrogens is 4. The van der Waals surface area contributed by atoms with Crippen molar-refractivity contribution in [3.8, 4) is 11.5 Å². The Kier molecular flexibility index (Phi) is 3.05. The largest absolute Gasteiger partial charge is 0.463 e. The molecule has 0 radical (unpaired) electrons. The van der Waals surface area contributed by atoms with Gasteiger partial charge in [-0.3, -0.25) is 0 Å². The molecule has 22 heavy (non-hydrogen) atoms. The van der Waals surface area contributed by atoms with E-state index in [0.29, 0.717) is 18.3 Å². The molecule has 0 aliphatic heterocycles. The highest BCUT2D eigenvalue weighted by Crippen LogP contribution is 2.19. The second kappa shape index (κ2) is 5.33. The number of hydrogen-bond donors (Lipinski definition) is 1. The third-order valence-electron chi connectivity index (χ3n) is 3.29. The summed E-state index contributed by atoms with van der Waals surface area (Å²) in [6.07, 6.45) is 3.26. The van der Waals surface area contributed by atoms with Crippen LogP contribution in [0.5, 0.6) is 0 Å². The van der Waals surface area contributed by atoms with Gasteiger partial charge in [-0.1, -0.05) is 30.3 Å². The molecule has 0 bridgehead atoms. The molecule has 0 fully saturated rings. The van der Waals surface area contributed by atoms with E-state index in [9.17, 15) is 0 Å². The lowest BCUT2D eigenvalue weighted by Crippen LogP contribution is -2.05. The Bertz CT molecular complexity index is 883. The Morgan fingerprint density at radius 3 is 2.82 bits per heavy atom. The van der Waals surface area contributed by atoms with Gasteiger partial charge in [-0.2, -0.15) is 10.1 Å². The van der Waals surface area contributed by atoms with E-state index in [2.05, 4.69) is 32.5 Å². The number of anilines is 1. The molecule has 0 saturated carbocycles. The molecule has 4 rings (SSSR count). The number of fused-ring (bicyclic) bond motifs is 1. The van der Waals surface area contributed by atoms with Gasteiger partial charge in [0.05, 0.1) is 6.26 Å². The van der Waals surface area contributed by atoms with Gasteiger partial charge in [0.2, 0.25) is 5.95 Å². The van der Waals surface area contributed by atoms with Crippen molar-refractivity contribution in [2.24, 2.45) is 0 Å². The molecule has 0 atom stereocenters. The molecule has 0 saturated heterocycles. The van der Waals surface area contributed by atoms with Crippen LogP contribution in [0, 0.1) is 0 Å². The number of hydrogen-bond acceptors (Lipinski definition) is 5. The molecule has 0 unspecified atom stereocenters. The van der Waals surface area contributed by atoms with Crippen molar-refractivity contribution in [1.82, 2.24) is 19.6 Å². The topological polar surface area (TPSA) is 68.2 Å². The molecule has 0 aliphatic carbocycles. The van der Waals surface area contributed by atoms with Crippen molar-refractivity contribution in [2.75, 3.05) is 5.32 Å². The van der Waals surface area contributed by atoms with Gasteiger partial charge in [0.25, 0.3) is 0 Å². The van der Waals surface area contributed by atoms with Crippen LogP contribution in [0.2, 0.25) is 0 Å². The maximum atomic E-state index is 5.35. The van der Waals surface area contributed by atoms with Crippen LogP contribution < -0.4 is 5.32 Å². The highest BCUT2D eigenvalue weighted by molar-refractivity contribution is 5.59. The Labute approximate surface area is 126 Å². The molecular formula is C16H13N5O. The van der Waals surface area contributed by atoms with E-state index >= 15 is 0 Å². The van der Waals surface area contributed by atoms with Crippen molar-refractivity contribution in [2.45, 2.75) is 6.54 Å². The molecule has 1 aromatic carbocycles. The predicted molar refractivity (Wildman–Crippen MR) is 82.3 cm³/mol. The summed E-state index contributed by atoms with van der Waals surface area (Å²) in [4.78, 5) is 8.72. The van der Waals surface area contributed by atoms with Crippen LogP contribution in [0.4, 0.5) is 5.95 Å². The number of benzene rings is 1. The third kappa shape index (κ3) is 2.42. The fraction of sp³-hybridized carbons (Fsp3) is 0.0625. The van der Waals surface area contributed by atoms with Gasteiger partial charge in [-0.05, 0) is 17.7 Å². The fourth-order valence-corrected chi connectivity index (χ4v) is 2.21. The monoisotopic (exact) mass is 291 g/mol. The van der Waals surface area contributed by atoms with Gasteiger partial charge >= 0.3 is 0 Å². The number of rotatable bonds is 4. The molecule has 0 aliphatic rings. The highest BCUT2D eigenvalue weighted by Gasteiger charge is 2.08. The highest BCUT2D eigenvalue weighted by atomic mass is 16.3. The van der Waals surface area contributed by atoms with Gasteiger partial charge in [-0.25, -0.2) is 9.50 Å². The summed E-state index contributed by atoms with van der Waals surface area (Å²) in [5.74, 6) is 1.28. The van der Waals surface area contributed by atoms with E-state index in [0.717, 1.165) is 11.3 Å². The predicted octanol–water partition coefficient (Wildman–Crippen LogP) is 3.00. The zero-order valence-electron chi connectivity index (χ0n) is 11.7. The van der Waals surface area contributed by atoms with Crippen molar-refractivity contribution in [1.29, 1.82) is 0 Å². The number of nitrogens with zero attached hydrogens (tertiary/aromatic N) is 4. The zero-order valence-corrected chi connectivity index (χ0v) is 11.7. The summed E-state index contributed by atoms with van der Waals surface area (Å²) in [5.41, 5.74) is 2.63. The number of furan rings is 1. The average molecular weight is 291 g/mol. The zero-order chi connectivity index (χ0) is 14.8. The Morgan fingerprint density at radius 2 is 2.00 bits per heavy atom. The lowest BCUT2D eigenvalue weighted by molar-refractivity contribution is 0.579. The van der Waals surface area contributed by atoms with Gasteiger partial charge in [0, 0.05) is 12.6 Å². The molecule has 3 heterocycles. The van der Waals surface area contributed by atoms with E-state index in [1.165, 1.54) is 5.56 Å². The van der Waals surface area contributed by atoms with Crippen molar-refractivity contribution in [3.05, 3.63) is 66.7 Å². The smallest absolute Gasteiger partial charge is 0.226 e. The first-order valence-electron chi connectivity index (χ1n) is 6.92. The molecule has 6 heteroatoms. The van der Waals surface area contributed by atoms with Crippen LogP contribution in [-0.2, 0) is 6.54 Å². The standard InChI is InChI=1S/C16H13N5O/c1-2-5-12(6-3-1)10-17-16-18-11-21-15(19-16)9-13(20-21)14-7-4-8-22-14/h1-9,11H,10H2,(H,17,19). The van der Waals surface area contributed by atoms with Gasteiger partial charge < -0.3 is 9.73 Å². The van der Waals surface area contributed by atoms with Crippen LogP contribution in [0.1, 0.15) is 5.56 Å². The molecule has 6 nitrogen and oxygen atoms in total. The Hall–Kier alpha value is -3.15. The normalized spacial score (nSPS) is 10.9. The van der Waals surface area contributed by atoms with Crippen LogP contribution in [0.15, 0.2) is 65.5 Å². The first-order chi connectivity index (χ1) is 10.9. The molecule has 0 amide bonds. The van der Waals surface area contributed by atoms with Crippen LogP contribution in [-0.4, -0.2) is 19.6 Å². The lowest BCUT2D eigenvalue weighted by atomic mass is 10.2. The summed E-state index contributed by atoms with van der Waals surface area (Å²) in [6.45, 7) is 0.677. The molecule has 1 N–H and O–H groups in total. The SMILES string of the molecule is c1ccc(CNc2ncn3nc(-c4ccco4)cc3n2)cc1. The first-order valence-corrected chi connectivity index (χ1v) is 6.92. The molecule has 3 aromatic heterocycles. The van der Waals surface area contributed by atoms with Crippen LogP contribution >= 0.6 is 0 Å². The van der Waals surface area contributed by atoms with Crippen molar-refractivity contribution < 1.29 is 4.42 Å². The first kappa shape index (κ1) is 12.6. The van der Waals surface area contributed by atoms with Crippen molar-refractivity contribution in [3.63, 3.8) is 0 Å². The van der Waals surface area contributed by atoms with Crippen molar-refractivity contribution >= 4 is 11.6 Å². The molecule has 4 aromatic rings. The Morgan fingerprint density at radius 1 is 1.09 bits per heavy atom. The lowest BCUT2D eigenvalue weighted by Gasteiger charge is -2.04. The molecular weight excluding hydrogens is 278 g/mol. The van der Waals surface area contributed by atoms with E-state index in [1.807, 2.05) is 36.4 Å². The van der Waals surface area contributed by atoms with E-state index < -0.39 is 0 Å². The molecule has 0 spiro atoms. The van der Waals surface area contributed by atoms with Gasteiger partial charge in [0.1, 0.15) is 12.0 Å². The second-order valence-electron chi connectivity index (χ2n) is 4.83. The van der Waals surface area contributed by atoms with E-state index in [4.69, 9.17) is 4.42 Å². The Balaban J connectivity index is 1.58. The average Bonchev–Trinajstić information content (AvgIpc) is 3.22. The maximum Gasteiger partial charge on any atom is 0.226 e. The summed E-state index contributed by atoms with van der Waals surface area (Å²) in [6, 6.07) is 15.7.